The van der Waals surface area contributed by atoms with Crippen LogP contribution in [0.4, 0.5) is 10.2 Å². The van der Waals surface area contributed by atoms with Gasteiger partial charge >= 0.3 is 0 Å². The van der Waals surface area contributed by atoms with Crippen LogP contribution in [0.15, 0.2) is 43.0 Å². The number of aromatic nitrogens is 3. The number of hydrogen-bond acceptors (Lipinski definition) is 4. The fourth-order valence-electron chi connectivity index (χ4n) is 4.07. The predicted molar refractivity (Wildman–Crippen MR) is 117 cm³/mol. The van der Waals surface area contributed by atoms with E-state index in [9.17, 15) is 4.79 Å². The standard InChI is InChI=1S/C23H28FN5O/c1-16(2)14-29-8-6-23(24,7-9-29)22(30)27-21-11-19-10-17(4-5-18(19)12-26-21)20-13-25-15-28(20)3/h4-5,10-13,15-16H,6-9,14H2,1-3H3,(H,26,27,30). The van der Waals surface area contributed by atoms with Gasteiger partial charge in [-0.15, -0.1) is 0 Å². The maximum atomic E-state index is 15.3. The van der Waals surface area contributed by atoms with Crippen LogP contribution in [-0.2, 0) is 11.8 Å². The lowest BCUT2D eigenvalue weighted by Crippen LogP contribution is -2.49. The third-order valence-electron chi connectivity index (χ3n) is 5.75. The largest absolute Gasteiger partial charge is 0.334 e. The minimum atomic E-state index is -1.85. The summed E-state index contributed by atoms with van der Waals surface area (Å²) in [5.74, 6) is 0.307. The van der Waals surface area contributed by atoms with E-state index in [1.54, 1.807) is 18.6 Å². The molecule has 6 nitrogen and oxygen atoms in total. The molecule has 0 radical (unpaired) electrons. The third kappa shape index (κ3) is 4.21. The van der Waals surface area contributed by atoms with Gasteiger partial charge in [-0.1, -0.05) is 26.0 Å². The highest BCUT2D eigenvalue weighted by molar-refractivity contribution is 5.98. The van der Waals surface area contributed by atoms with Gasteiger partial charge in [0.25, 0.3) is 5.91 Å². The number of nitrogens with one attached hydrogen (secondary N) is 1. The van der Waals surface area contributed by atoms with Crippen molar-refractivity contribution in [2.75, 3.05) is 25.0 Å². The van der Waals surface area contributed by atoms with Crippen molar-refractivity contribution < 1.29 is 9.18 Å². The summed E-state index contributed by atoms with van der Waals surface area (Å²) >= 11 is 0. The van der Waals surface area contributed by atoms with Crippen molar-refractivity contribution >= 4 is 22.5 Å². The second-order valence-electron chi connectivity index (χ2n) is 8.64. The number of aryl methyl sites for hydroxylation is 1. The van der Waals surface area contributed by atoms with Crippen molar-refractivity contribution in [3.05, 3.63) is 43.0 Å². The van der Waals surface area contributed by atoms with E-state index < -0.39 is 11.6 Å². The first-order valence-corrected chi connectivity index (χ1v) is 10.4. The first-order chi connectivity index (χ1) is 14.3. The molecule has 2 aromatic heterocycles. The number of nitrogens with zero attached hydrogens (tertiary/aromatic N) is 4. The number of pyridine rings is 1. The zero-order valence-electron chi connectivity index (χ0n) is 17.7. The van der Waals surface area contributed by atoms with E-state index in [1.165, 1.54) is 0 Å². The molecule has 158 valence electrons. The van der Waals surface area contributed by atoms with Crippen LogP contribution in [0.5, 0.6) is 0 Å². The van der Waals surface area contributed by atoms with Crippen molar-refractivity contribution in [3.8, 4) is 11.3 Å². The highest BCUT2D eigenvalue weighted by Gasteiger charge is 2.41. The van der Waals surface area contributed by atoms with Gasteiger partial charge in [-0.05, 0) is 23.4 Å². The summed E-state index contributed by atoms with van der Waals surface area (Å²) in [6.45, 7) is 6.43. The summed E-state index contributed by atoms with van der Waals surface area (Å²) < 4.78 is 17.2. The molecule has 1 fully saturated rings. The smallest absolute Gasteiger partial charge is 0.263 e. The lowest BCUT2D eigenvalue weighted by molar-refractivity contribution is -0.130. The highest BCUT2D eigenvalue weighted by atomic mass is 19.1. The van der Waals surface area contributed by atoms with E-state index in [-0.39, 0.29) is 12.8 Å². The molecule has 1 aliphatic heterocycles. The SMILES string of the molecule is CC(C)CN1CCC(F)(C(=O)Nc2cc3cc(-c4cncn4C)ccc3cn2)CC1. The normalized spacial score (nSPS) is 16.8. The molecule has 1 aromatic carbocycles. The van der Waals surface area contributed by atoms with Gasteiger partial charge < -0.3 is 14.8 Å². The fourth-order valence-corrected chi connectivity index (χ4v) is 4.07. The van der Waals surface area contributed by atoms with Crippen molar-refractivity contribution in [2.45, 2.75) is 32.4 Å². The van der Waals surface area contributed by atoms with Gasteiger partial charge in [-0.2, -0.15) is 0 Å². The molecule has 3 heterocycles. The van der Waals surface area contributed by atoms with E-state index in [1.807, 2.05) is 36.0 Å². The zero-order valence-corrected chi connectivity index (χ0v) is 17.7. The average Bonchev–Trinajstić information content (AvgIpc) is 3.15. The molecule has 30 heavy (non-hydrogen) atoms. The summed E-state index contributed by atoms with van der Waals surface area (Å²) in [4.78, 5) is 23.4. The maximum Gasteiger partial charge on any atom is 0.263 e. The van der Waals surface area contributed by atoms with Crippen LogP contribution in [0.25, 0.3) is 22.0 Å². The molecular formula is C23H28FN5O. The summed E-state index contributed by atoms with van der Waals surface area (Å²) in [5.41, 5.74) is 0.168. The molecule has 0 bridgehead atoms. The van der Waals surface area contributed by atoms with Crippen LogP contribution >= 0.6 is 0 Å². The van der Waals surface area contributed by atoms with Gasteiger partial charge in [0.2, 0.25) is 0 Å². The van der Waals surface area contributed by atoms with Gasteiger partial charge in [0.1, 0.15) is 5.82 Å². The summed E-state index contributed by atoms with van der Waals surface area (Å²) in [6.07, 6.45) is 5.69. The van der Waals surface area contributed by atoms with Crippen LogP contribution in [-0.4, -0.2) is 50.6 Å². The quantitative estimate of drug-likeness (QED) is 0.691. The highest BCUT2D eigenvalue weighted by Crippen LogP contribution is 2.29. The molecule has 7 heteroatoms. The fraction of sp³-hybridized carbons (Fsp3) is 0.435. The first kappa shape index (κ1) is 20.5. The van der Waals surface area contributed by atoms with Gasteiger partial charge in [-0.3, -0.25) is 4.79 Å². The number of anilines is 1. The Morgan fingerprint density at radius 2 is 1.97 bits per heavy atom. The number of carbonyl (C=O) groups is 1. The van der Waals surface area contributed by atoms with Gasteiger partial charge in [-0.25, -0.2) is 14.4 Å². The lowest BCUT2D eigenvalue weighted by atomic mass is 9.92. The minimum Gasteiger partial charge on any atom is -0.334 e. The van der Waals surface area contributed by atoms with Crippen molar-refractivity contribution in [3.63, 3.8) is 0 Å². The van der Waals surface area contributed by atoms with Gasteiger partial charge in [0.15, 0.2) is 5.67 Å². The van der Waals surface area contributed by atoms with E-state index in [0.29, 0.717) is 24.8 Å². The van der Waals surface area contributed by atoms with Crippen LogP contribution in [0.3, 0.4) is 0 Å². The Bertz CT molecular complexity index is 1050. The van der Waals surface area contributed by atoms with E-state index >= 15 is 4.39 Å². The van der Waals surface area contributed by atoms with E-state index in [2.05, 4.69) is 34.0 Å². The lowest BCUT2D eigenvalue weighted by Gasteiger charge is -2.36. The minimum absolute atomic E-state index is 0.212. The Kier molecular flexibility index (Phi) is 5.56. The number of hydrogen-bond donors (Lipinski definition) is 1. The Hall–Kier alpha value is -2.80. The number of rotatable bonds is 5. The molecule has 0 unspecified atom stereocenters. The van der Waals surface area contributed by atoms with E-state index in [4.69, 9.17) is 0 Å². The van der Waals surface area contributed by atoms with Crippen molar-refractivity contribution in [2.24, 2.45) is 13.0 Å². The molecule has 0 spiro atoms. The summed E-state index contributed by atoms with van der Waals surface area (Å²) in [6, 6.07) is 7.82. The molecule has 0 aliphatic carbocycles. The number of halogens is 1. The number of imidazole rings is 1. The monoisotopic (exact) mass is 409 g/mol. The maximum absolute atomic E-state index is 15.3. The Labute approximate surface area is 176 Å². The number of carbonyl (C=O) groups excluding carboxylic acids is 1. The predicted octanol–water partition coefficient (Wildman–Crippen LogP) is 4.03. The van der Waals surface area contributed by atoms with Crippen LogP contribution in [0.2, 0.25) is 0 Å². The zero-order chi connectivity index (χ0) is 21.3. The second-order valence-corrected chi connectivity index (χ2v) is 8.64. The molecule has 0 saturated carbocycles. The molecule has 0 atom stereocenters. The topological polar surface area (TPSA) is 63.1 Å². The molecule has 3 aromatic rings. The number of amides is 1. The number of piperidine rings is 1. The Morgan fingerprint density at radius 1 is 1.20 bits per heavy atom. The van der Waals surface area contributed by atoms with Crippen LogP contribution in [0.1, 0.15) is 26.7 Å². The second kappa shape index (κ2) is 8.14. The van der Waals surface area contributed by atoms with Crippen molar-refractivity contribution in [1.29, 1.82) is 0 Å². The van der Waals surface area contributed by atoms with Gasteiger partial charge in [0.05, 0.1) is 18.2 Å². The Balaban J connectivity index is 1.49. The number of fused-ring (bicyclic) bond motifs is 1. The molecule has 4 rings (SSSR count). The van der Waals surface area contributed by atoms with E-state index in [0.717, 1.165) is 28.6 Å². The van der Waals surface area contributed by atoms with Crippen molar-refractivity contribution in [1.82, 2.24) is 19.4 Å². The molecule has 1 saturated heterocycles. The number of alkyl halides is 1. The number of benzene rings is 1. The Morgan fingerprint density at radius 3 is 2.63 bits per heavy atom. The molecule has 1 aliphatic rings. The summed E-state index contributed by atoms with van der Waals surface area (Å²) in [7, 11) is 1.94. The summed E-state index contributed by atoms with van der Waals surface area (Å²) in [5, 5.41) is 4.59. The molecule has 1 N–H and O–H groups in total. The number of likely N-dealkylation sites (tertiary alicyclic amines) is 1. The van der Waals surface area contributed by atoms with Crippen LogP contribution in [0, 0.1) is 5.92 Å². The third-order valence-corrected chi connectivity index (χ3v) is 5.75. The average molecular weight is 410 g/mol. The van der Waals surface area contributed by atoms with Gasteiger partial charge in [0, 0.05) is 56.7 Å². The molecule has 1 amide bonds. The van der Waals surface area contributed by atoms with Crippen LogP contribution < -0.4 is 5.32 Å². The first-order valence-electron chi connectivity index (χ1n) is 10.4. The molecular weight excluding hydrogens is 381 g/mol.